The van der Waals surface area contributed by atoms with Crippen molar-refractivity contribution in [1.29, 1.82) is 0 Å². The number of nitrogens with one attached hydrogen (secondary N) is 1. The van der Waals surface area contributed by atoms with Crippen molar-refractivity contribution in [2.75, 3.05) is 22.8 Å². The summed E-state index contributed by atoms with van der Waals surface area (Å²) in [5, 5.41) is 2.76. The van der Waals surface area contributed by atoms with Crippen molar-refractivity contribution in [1.82, 2.24) is 0 Å². The van der Waals surface area contributed by atoms with Crippen molar-refractivity contribution < 1.29 is 17.9 Å². The lowest BCUT2D eigenvalue weighted by atomic mass is 9.95. The number of hydrogen-bond donors (Lipinski definition) is 1. The van der Waals surface area contributed by atoms with Crippen LogP contribution in [0.25, 0.3) is 5.57 Å². The van der Waals surface area contributed by atoms with E-state index in [9.17, 15) is 13.2 Å². The van der Waals surface area contributed by atoms with Gasteiger partial charge in [-0.3, -0.25) is 9.10 Å². The third-order valence-electron chi connectivity index (χ3n) is 5.22. The predicted molar refractivity (Wildman–Crippen MR) is 132 cm³/mol. The average Bonchev–Trinajstić information content (AvgIpc) is 2.82. The topological polar surface area (TPSA) is 75.7 Å². The highest BCUT2D eigenvalue weighted by Gasteiger charge is 2.41. The molecule has 0 saturated heterocycles. The van der Waals surface area contributed by atoms with Crippen LogP contribution in [0.1, 0.15) is 18.1 Å². The van der Waals surface area contributed by atoms with Crippen molar-refractivity contribution in [3.05, 3.63) is 108 Å². The van der Waals surface area contributed by atoms with E-state index in [0.717, 1.165) is 0 Å². The second kappa shape index (κ2) is 9.34. The van der Waals surface area contributed by atoms with E-state index in [0.29, 0.717) is 40.4 Å². The Balaban J connectivity index is 1.96. The molecule has 0 aliphatic carbocycles. The van der Waals surface area contributed by atoms with Gasteiger partial charge in [0, 0.05) is 11.1 Å². The van der Waals surface area contributed by atoms with Gasteiger partial charge < -0.3 is 10.1 Å². The Morgan fingerprint density at radius 1 is 1.00 bits per heavy atom. The number of anilines is 2. The molecular weight excluding hydrogens is 436 g/mol. The van der Waals surface area contributed by atoms with E-state index >= 15 is 0 Å². The van der Waals surface area contributed by atoms with Gasteiger partial charge in [-0.15, -0.1) is 6.58 Å². The molecule has 0 saturated carbocycles. The third-order valence-corrected chi connectivity index (χ3v) is 7.05. The highest BCUT2D eigenvalue weighted by Crippen LogP contribution is 2.43. The molecule has 6 nitrogen and oxygen atoms in total. The van der Waals surface area contributed by atoms with Crippen molar-refractivity contribution in [3.63, 3.8) is 0 Å². The molecular formula is C26H24N2O4S. The zero-order chi connectivity index (χ0) is 23.4. The van der Waals surface area contributed by atoms with Gasteiger partial charge in [0.1, 0.15) is 5.75 Å². The van der Waals surface area contributed by atoms with E-state index in [1.54, 1.807) is 48.5 Å². The van der Waals surface area contributed by atoms with Crippen LogP contribution in [0, 0.1) is 0 Å². The summed E-state index contributed by atoms with van der Waals surface area (Å²) in [6.07, 6.45) is 1.50. The summed E-state index contributed by atoms with van der Waals surface area (Å²) in [5.41, 5.74) is 2.55. The molecule has 0 bridgehead atoms. The smallest absolute Gasteiger partial charge is 0.270 e. The summed E-state index contributed by atoms with van der Waals surface area (Å²) in [4.78, 5) is 13.3. The van der Waals surface area contributed by atoms with Crippen LogP contribution in [0.3, 0.4) is 0 Å². The molecule has 0 fully saturated rings. The van der Waals surface area contributed by atoms with E-state index in [1.807, 2.05) is 37.3 Å². The molecule has 0 radical (unpaired) electrons. The first kappa shape index (κ1) is 22.4. The summed E-state index contributed by atoms with van der Waals surface area (Å²) in [7, 11) is -4.19. The fourth-order valence-corrected chi connectivity index (χ4v) is 5.57. The van der Waals surface area contributed by atoms with Crippen LogP contribution >= 0.6 is 0 Å². The van der Waals surface area contributed by atoms with Crippen LogP contribution in [0.15, 0.2) is 96.4 Å². The summed E-state index contributed by atoms with van der Waals surface area (Å²) in [6, 6.07) is 23.2. The van der Waals surface area contributed by atoms with Crippen LogP contribution in [-0.2, 0) is 14.8 Å². The van der Waals surface area contributed by atoms with E-state index in [-0.39, 0.29) is 11.4 Å². The Hall–Kier alpha value is -3.84. The summed E-state index contributed by atoms with van der Waals surface area (Å²) < 4.78 is 34.5. The van der Waals surface area contributed by atoms with Crippen molar-refractivity contribution in [2.45, 2.75) is 6.92 Å². The lowest BCUT2D eigenvalue weighted by molar-refractivity contribution is -0.112. The number of hydrogen-bond acceptors (Lipinski definition) is 4. The molecule has 1 N–H and O–H groups in total. The summed E-state index contributed by atoms with van der Waals surface area (Å²) in [5.74, 6) is -0.267. The van der Waals surface area contributed by atoms with Gasteiger partial charge in [-0.1, -0.05) is 66.7 Å². The van der Waals surface area contributed by atoms with E-state index < -0.39 is 15.9 Å². The quantitative estimate of drug-likeness (QED) is 0.513. The van der Waals surface area contributed by atoms with E-state index in [4.69, 9.17) is 4.74 Å². The number of amides is 1. The highest BCUT2D eigenvalue weighted by molar-refractivity contribution is 7.97. The molecule has 0 aromatic heterocycles. The Bertz CT molecular complexity index is 1330. The average molecular weight is 461 g/mol. The molecule has 1 amide bonds. The number of carbonyl (C=O) groups is 1. The Morgan fingerprint density at radius 3 is 2.39 bits per heavy atom. The fraction of sp³-hybridized carbons (Fsp3) is 0.115. The number of nitrogens with zero attached hydrogens (tertiary/aromatic N) is 1. The van der Waals surface area contributed by atoms with Gasteiger partial charge in [-0.2, -0.15) is 0 Å². The summed E-state index contributed by atoms with van der Waals surface area (Å²) >= 11 is 0. The predicted octanol–water partition coefficient (Wildman–Crippen LogP) is 4.82. The lowest BCUT2D eigenvalue weighted by Crippen LogP contribution is -2.39. The van der Waals surface area contributed by atoms with Gasteiger partial charge in [0.05, 0.1) is 24.5 Å². The second-order valence-corrected chi connectivity index (χ2v) is 9.09. The maximum Gasteiger partial charge on any atom is 0.270 e. The van der Waals surface area contributed by atoms with Gasteiger partial charge in [-0.05, 0) is 30.7 Å². The van der Waals surface area contributed by atoms with Crippen molar-refractivity contribution >= 4 is 32.9 Å². The number of ether oxygens (including phenoxy) is 1. The fourth-order valence-electron chi connectivity index (χ4n) is 3.86. The number of rotatable bonds is 7. The van der Waals surface area contributed by atoms with Crippen LogP contribution < -0.4 is 14.4 Å². The molecule has 7 heteroatoms. The molecule has 0 spiro atoms. The number of carbonyl (C=O) groups excluding carboxylic acids is 1. The molecule has 0 unspecified atom stereocenters. The van der Waals surface area contributed by atoms with E-state index in [2.05, 4.69) is 11.9 Å². The van der Waals surface area contributed by atoms with Gasteiger partial charge in [0.2, 0.25) is 0 Å². The molecule has 1 aliphatic rings. The van der Waals surface area contributed by atoms with Gasteiger partial charge >= 0.3 is 0 Å². The van der Waals surface area contributed by atoms with Crippen LogP contribution in [0.5, 0.6) is 5.75 Å². The molecule has 3 aromatic carbocycles. The molecule has 168 valence electrons. The monoisotopic (exact) mass is 460 g/mol. The largest absolute Gasteiger partial charge is 0.492 e. The minimum atomic E-state index is -4.19. The minimum absolute atomic E-state index is 0.0354. The van der Waals surface area contributed by atoms with Crippen LogP contribution in [0.2, 0.25) is 0 Å². The Labute approximate surface area is 193 Å². The number of fused-ring (bicyclic) bond motifs is 1. The molecule has 1 heterocycles. The first-order valence-electron chi connectivity index (χ1n) is 10.5. The first-order chi connectivity index (χ1) is 16.0. The third kappa shape index (κ3) is 4.15. The zero-order valence-electron chi connectivity index (χ0n) is 18.2. The normalized spacial score (nSPS) is 14.4. The molecule has 33 heavy (non-hydrogen) atoms. The highest BCUT2D eigenvalue weighted by atomic mass is 32.2. The molecule has 4 rings (SSSR count). The molecule has 0 atom stereocenters. The van der Waals surface area contributed by atoms with Gasteiger partial charge in [-0.25, -0.2) is 8.42 Å². The first-order valence-corrected chi connectivity index (χ1v) is 12.0. The Kier molecular flexibility index (Phi) is 6.33. The SMILES string of the molecule is C=CCN1c2ccccc2C(c2ccccc2)=C(C(=O)Nc2ccccc2OCC)S1(=O)=O. The van der Waals surface area contributed by atoms with E-state index in [1.165, 1.54) is 10.4 Å². The maximum absolute atomic E-state index is 13.8. The van der Waals surface area contributed by atoms with Crippen molar-refractivity contribution in [3.8, 4) is 5.75 Å². The zero-order valence-corrected chi connectivity index (χ0v) is 19.0. The lowest BCUT2D eigenvalue weighted by Gasteiger charge is -2.32. The van der Waals surface area contributed by atoms with Gasteiger partial charge in [0.15, 0.2) is 4.91 Å². The standard InChI is InChI=1S/C26H24N2O4S/c1-3-18-28-22-16-10-8-14-20(22)24(19-12-6-5-7-13-19)25(33(28,30)31)26(29)27-21-15-9-11-17-23(21)32-4-2/h3,5-17H,1,4,18H2,2H3,(H,27,29). The number of sulfonamides is 1. The van der Waals surface area contributed by atoms with Crippen molar-refractivity contribution in [2.24, 2.45) is 0 Å². The Morgan fingerprint density at radius 2 is 1.67 bits per heavy atom. The number of para-hydroxylation sites is 3. The second-order valence-electron chi connectivity index (χ2n) is 7.30. The molecule has 3 aromatic rings. The van der Waals surface area contributed by atoms with Crippen LogP contribution in [-0.4, -0.2) is 27.5 Å². The summed E-state index contributed by atoms with van der Waals surface area (Å²) in [6.45, 7) is 5.98. The molecule has 1 aliphatic heterocycles. The minimum Gasteiger partial charge on any atom is -0.492 e. The van der Waals surface area contributed by atoms with Gasteiger partial charge in [0.25, 0.3) is 15.9 Å². The number of benzene rings is 3. The maximum atomic E-state index is 13.8. The van der Waals surface area contributed by atoms with Crippen LogP contribution in [0.4, 0.5) is 11.4 Å².